The lowest BCUT2D eigenvalue weighted by Gasteiger charge is -1.97. The quantitative estimate of drug-likeness (QED) is 0.696. The van der Waals surface area contributed by atoms with E-state index >= 15 is 0 Å². The van der Waals surface area contributed by atoms with Gasteiger partial charge in [0.25, 0.3) is 0 Å². The van der Waals surface area contributed by atoms with Crippen molar-refractivity contribution in [2.45, 2.75) is 27.2 Å². The standard InChI is InChI=1S/C8H14BrN/c1-4-5-8(9)10-6-7(2)3/h5-6,10H,4H2,1-3H3/b8-5-. The number of hydrogen-bond donors (Lipinski definition) is 1. The molecule has 2 heteroatoms. The molecule has 0 aromatic carbocycles. The van der Waals surface area contributed by atoms with E-state index in [4.69, 9.17) is 0 Å². The van der Waals surface area contributed by atoms with Crippen LogP contribution in [0, 0.1) is 0 Å². The third kappa shape index (κ3) is 5.89. The van der Waals surface area contributed by atoms with E-state index in [0.29, 0.717) is 0 Å². The van der Waals surface area contributed by atoms with Gasteiger partial charge in [-0.1, -0.05) is 18.6 Å². The lowest BCUT2D eigenvalue weighted by Crippen LogP contribution is -1.98. The van der Waals surface area contributed by atoms with Gasteiger partial charge < -0.3 is 5.32 Å². The molecule has 0 spiro atoms. The van der Waals surface area contributed by atoms with E-state index in [2.05, 4.69) is 48.1 Å². The van der Waals surface area contributed by atoms with Crippen LogP contribution in [0.2, 0.25) is 0 Å². The molecule has 0 aromatic heterocycles. The largest absolute Gasteiger partial charge is 0.356 e. The van der Waals surface area contributed by atoms with Gasteiger partial charge in [0.1, 0.15) is 0 Å². The van der Waals surface area contributed by atoms with Crippen LogP contribution < -0.4 is 5.32 Å². The van der Waals surface area contributed by atoms with E-state index in [1.165, 1.54) is 5.57 Å². The van der Waals surface area contributed by atoms with E-state index in [-0.39, 0.29) is 0 Å². The second-order valence-electron chi connectivity index (χ2n) is 2.33. The van der Waals surface area contributed by atoms with Crippen molar-refractivity contribution >= 4 is 15.9 Å². The molecule has 1 N–H and O–H groups in total. The summed E-state index contributed by atoms with van der Waals surface area (Å²) in [5, 5.41) is 3.10. The molecule has 0 saturated heterocycles. The van der Waals surface area contributed by atoms with Gasteiger partial charge >= 0.3 is 0 Å². The van der Waals surface area contributed by atoms with Crippen LogP contribution in [0.5, 0.6) is 0 Å². The first-order valence-corrected chi connectivity index (χ1v) is 4.21. The summed E-state index contributed by atoms with van der Waals surface area (Å²) in [7, 11) is 0. The molecule has 0 aliphatic carbocycles. The lowest BCUT2D eigenvalue weighted by molar-refractivity contribution is 1.09. The average molecular weight is 204 g/mol. The topological polar surface area (TPSA) is 12.0 Å². The number of allylic oxidation sites excluding steroid dienone is 2. The number of rotatable bonds is 3. The van der Waals surface area contributed by atoms with Crippen LogP contribution in [0.4, 0.5) is 0 Å². The highest BCUT2D eigenvalue weighted by atomic mass is 79.9. The number of nitrogens with one attached hydrogen (secondary N) is 1. The minimum Gasteiger partial charge on any atom is -0.356 e. The van der Waals surface area contributed by atoms with E-state index in [9.17, 15) is 0 Å². The Morgan fingerprint density at radius 1 is 1.50 bits per heavy atom. The van der Waals surface area contributed by atoms with Crippen molar-refractivity contribution in [2.75, 3.05) is 0 Å². The minimum absolute atomic E-state index is 1.04. The van der Waals surface area contributed by atoms with Crippen molar-refractivity contribution < 1.29 is 0 Å². The maximum Gasteiger partial charge on any atom is 0.0778 e. The van der Waals surface area contributed by atoms with Crippen molar-refractivity contribution in [1.29, 1.82) is 0 Å². The highest BCUT2D eigenvalue weighted by Gasteiger charge is 1.82. The first-order chi connectivity index (χ1) is 4.66. The molecule has 58 valence electrons. The van der Waals surface area contributed by atoms with Gasteiger partial charge in [-0.25, -0.2) is 0 Å². The Balaban J connectivity index is 3.69. The van der Waals surface area contributed by atoms with E-state index in [1.807, 2.05) is 6.20 Å². The summed E-state index contributed by atoms with van der Waals surface area (Å²) in [6, 6.07) is 0. The van der Waals surface area contributed by atoms with Crippen molar-refractivity contribution in [2.24, 2.45) is 0 Å². The Hall–Kier alpha value is -0.240. The van der Waals surface area contributed by atoms with Crippen LogP contribution >= 0.6 is 15.9 Å². The maximum absolute atomic E-state index is 3.37. The van der Waals surface area contributed by atoms with Crippen molar-refractivity contribution in [3.63, 3.8) is 0 Å². The molecule has 0 saturated carbocycles. The normalized spacial score (nSPS) is 11.0. The molecule has 0 unspecified atom stereocenters. The fourth-order valence-corrected chi connectivity index (χ4v) is 0.890. The van der Waals surface area contributed by atoms with Crippen molar-refractivity contribution in [1.82, 2.24) is 5.32 Å². The second kappa shape index (κ2) is 5.54. The summed E-state index contributed by atoms with van der Waals surface area (Å²) >= 11 is 3.37. The monoisotopic (exact) mass is 203 g/mol. The zero-order valence-corrected chi connectivity index (χ0v) is 8.33. The molecule has 0 radical (unpaired) electrons. The van der Waals surface area contributed by atoms with Gasteiger partial charge in [-0.15, -0.1) is 0 Å². The summed E-state index contributed by atoms with van der Waals surface area (Å²) in [4.78, 5) is 0. The van der Waals surface area contributed by atoms with Crippen LogP contribution in [-0.4, -0.2) is 0 Å². The Bertz CT molecular complexity index is 143. The van der Waals surface area contributed by atoms with Crippen LogP contribution in [0.15, 0.2) is 22.5 Å². The van der Waals surface area contributed by atoms with Gasteiger partial charge in [0.05, 0.1) is 4.61 Å². The first kappa shape index (κ1) is 9.76. The predicted octanol–water partition coefficient (Wildman–Crippen LogP) is 3.15. The third-order valence-corrected chi connectivity index (χ3v) is 1.43. The van der Waals surface area contributed by atoms with Gasteiger partial charge in [-0.2, -0.15) is 0 Å². The molecule has 10 heavy (non-hydrogen) atoms. The summed E-state index contributed by atoms with van der Waals surface area (Å²) in [6.45, 7) is 6.21. The van der Waals surface area contributed by atoms with Crippen LogP contribution in [0.1, 0.15) is 27.2 Å². The first-order valence-electron chi connectivity index (χ1n) is 3.42. The number of hydrogen-bond acceptors (Lipinski definition) is 1. The summed E-state index contributed by atoms with van der Waals surface area (Å²) in [5.41, 5.74) is 1.27. The van der Waals surface area contributed by atoms with Crippen LogP contribution in [0.3, 0.4) is 0 Å². The summed E-state index contributed by atoms with van der Waals surface area (Å²) in [5.74, 6) is 0. The Morgan fingerprint density at radius 2 is 2.10 bits per heavy atom. The van der Waals surface area contributed by atoms with E-state index < -0.39 is 0 Å². The highest BCUT2D eigenvalue weighted by Crippen LogP contribution is 2.01. The van der Waals surface area contributed by atoms with Crippen LogP contribution in [0.25, 0.3) is 0 Å². The molecule has 0 aliphatic heterocycles. The van der Waals surface area contributed by atoms with Crippen LogP contribution in [-0.2, 0) is 0 Å². The number of halogens is 1. The molecule has 0 fully saturated rings. The summed E-state index contributed by atoms with van der Waals surface area (Å²) in [6.07, 6.45) is 5.10. The molecular formula is C8H14BrN. The average Bonchev–Trinajstić information content (AvgIpc) is 1.85. The molecule has 0 atom stereocenters. The van der Waals surface area contributed by atoms with Gasteiger partial charge in [0.15, 0.2) is 0 Å². The molecule has 0 aliphatic rings. The molecule has 0 rings (SSSR count). The smallest absolute Gasteiger partial charge is 0.0778 e. The molecule has 0 heterocycles. The fraction of sp³-hybridized carbons (Fsp3) is 0.500. The summed E-state index contributed by atoms with van der Waals surface area (Å²) < 4.78 is 1.04. The Morgan fingerprint density at radius 3 is 2.50 bits per heavy atom. The SMILES string of the molecule is CC/C=C(/Br)NC=C(C)C. The van der Waals surface area contributed by atoms with E-state index in [0.717, 1.165) is 11.0 Å². The van der Waals surface area contributed by atoms with Gasteiger partial charge in [0, 0.05) is 6.20 Å². The van der Waals surface area contributed by atoms with Gasteiger partial charge in [0.2, 0.25) is 0 Å². The molecule has 0 aromatic rings. The fourth-order valence-electron chi connectivity index (χ4n) is 0.451. The van der Waals surface area contributed by atoms with Crippen molar-refractivity contribution in [3.05, 3.63) is 22.5 Å². The van der Waals surface area contributed by atoms with E-state index in [1.54, 1.807) is 0 Å². The van der Waals surface area contributed by atoms with Crippen molar-refractivity contribution in [3.8, 4) is 0 Å². The predicted molar refractivity (Wildman–Crippen MR) is 49.9 cm³/mol. The third-order valence-electron chi connectivity index (χ3n) is 0.882. The second-order valence-corrected chi connectivity index (χ2v) is 3.18. The molecule has 1 nitrogen and oxygen atoms in total. The highest BCUT2D eigenvalue weighted by molar-refractivity contribution is 9.11. The Labute approximate surface area is 71.3 Å². The minimum atomic E-state index is 1.04. The molecular weight excluding hydrogens is 190 g/mol. The maximum atomic E-state index is 3.37. The van der Waals surface area contributed by atoms with Gasteiger partial charge in [-0.3, -0.25) is 0 Å². The molecule has 0 bridgehead atoms. The zero-order valence-electron chi connectivity index (χ0n) is 6.74. The lowest BCUT2D eigenvalue weighted by atomic mass is 10.4. The Kier molecular flexibility index (Phi) is 5.40. The van der Waals surface area contributed by atoms with Gasteiger partial charge in [-0.05, 0) is 36.2 Å². The zero-order chi connectivity index (χ0) is 7.98. The molecule has 0 amide bonds.